The average molecular weight is 528 g/mol. The van der Waals surface area contributed by atoms with Gasteiger partial charge in [-0.05, 0) is 29.7 Å². The minimum Gasteiger partial charge on any atom is -0.454 e. The number of nitrogens with zero attached hydrogens (tertiary/aromatic N) is 5. The van der Waals surface area contributed by atoms with Crippen LogP contribution in [0.5, 0.6) is 0 Å². The molecule has 0 unspecified atom stereocenters. The molecule has 6 nitrogen and oxygen atoms in total. The van der Waals surface area contributed by atoms with Gasteiger partial charge in [0.2, 0.25) is 0 Å². The van der Waals surface area contributed by atoms with Gasteiger partial charge in [0.25, 0.3) is 0 Å². The summed E-state index contributed by atoms with van der Waals surface area (Å²) in [6, 6.07) is 38.3. The van der Waals surface area contributed by atoms with Gasteiger partial charge in [-0.1, -0.05) is 91.0 Å². The van der Waals surface area contributed by atoms with Crippen LogP contribution >= 0.6 is 0 Å². The van der Waals surface area contributed by atoms with Crippen molar-refractivity contribution < 1.29 is 4.42 Å². The molecule has 4 aromatic heterocycles. The summed E-state index contributed by atoms with van der Waals surface area (Å²) in [5, 5.41) is 4.21. The highest BCUT2D eigenvalue weighted by Gasteiger charge is 2.15. The molecule has 0 aliphatic rings. The van der Waals surface area contributed by atoms with Gasteiger partial charge >= 0.3 is 0 Å². The predicted molar refractivity (Wildman–Crippen MR) is 162 cm³/mol. The molecule has 6 heteroatoms. The lowest BCUT2D eigenvalue weighted by molar-refractivity contribution is 0.667. The molecular formula is C35H21N5O. The van der Waals surface area contributed by atoms with E-state index in [1.807, 2.05) is 97.2 Å². The third-order valence-corrected chi connectivity index (χ3v) is 7.21. The van der Waals surface area contributed by atoms with Crippen molar-refractivity contribution in [1.29, 1.82) is 0 Å². The second kappa shape index (κ2) is 9.47. The van der Waals surface area contributed by atoms with Gasteiger partial charge in [0.1, 0.15) is 5.58 Å². The molecule has 4 aromatic carbocycles. The largest absolute Gasteiger partial charge is 0.454 e. The summed E-state index contributed by atoms with van der Waals surface area (Å²) in [5.41, 5.74) is 5.78. The second-order valence-corrected chi connectivity index (χ2v) is 9.83. The number of pyridine rings is 2. The molecule has 0 atom stereocenters. The molecule has 0 saturated carbocycles. The Morgan fingerprint density at radius 1 is 0.415 bits per heavy atom. The summed E-state index contributed by atoms with van der Waals surface area (Å²) < 4.78 is 6.25. The number of benzene rings is 4. The highest BCUT2D eigenvalue weighted by molar-refractivity contribution is 6.06. The van der Waals surface area contributed by atoms with Crippen LogP contribution in [0.15, 0.2) is 132 Å². The Labute approximate surface area is 235 Å². The zero-order valence-electron chi connectivity index (χ0n) is 21.8. The van der Waals surface area contributed by atoms with E-state index in [1.165, 1.54) is 0 Å². The van der Waals surface area contributed by atoms with E-state index in [-0.39, 0.29) is 0 Å². The predicted octanol–water partition coefficient (Wildman–Crippen LogP) is 8.38. The first kappa shape index (κ1) is 23.2. The molecule has 0 aliphatic heterocycles. The van der Waals surface area contributed by atoms with Crippen molar-refractivity contribution in [2.24, 2.45) is 0 Å². The van der Waals surface area contributed by atoms with Gasteiger partial charge in [-0.15, -0.1) is 0 Å². The third-order valence-electron chi connectivity index (χ3n) is 7.21. The lowest BCUT2D eigenvalue weighted by atomic mass is 10.1. The maximum absolute atomic E-state index is 6.25. The van der Waals surface area contributed by atoms with E-state index in [0.717, 1.165) is 55.2 Å². The van der Waals surface area contributed by atoms with Gasteiger partial charge in [-0.3, -0.25) is 9.97 Å². The molecule has 0 amide bonds. The zero-order valence-corrected chi connectivity index (χ0v) is 21.8. The van der Waals surface area contributed by atoms with Crippen LogP contribution in [0.3, 0.4) is 0 Å². The normalized spacial score (nSPS) is 11.4. The fourth-order valence-electron chi connectivity index (χ4n) is 5.12. The van der Waals surface area contributed by atoms with Crippen molar-refractivity contribution in [3.63, 3.8) is 0 Å². The molecule has 8 aromatic rings. The monoisotopic (exact) mass is 527 g/mol. The van der Waals surface area contributed by atoms with Crippen LogP contribution < -0.4 is 0 Å². The summed E-state index contributed by atoms with van der Waals surface area (Å²) in [7, 11) is 0. The Morgan fingerprint density at radius 3 is 1.71 bits per heavy atom. The Kier molecular flexibility index (Phi) is 5.35. The number of furan rings is 1. The molecule has 0 spiro atoms. The van der Waals surface area contributed by atoms with Crippen LogP contribution in [-0.4, -0.2) is 24.9 Å². The SMILES string of the molecule is c1ccc(-c2nc(-c3ccccc3)nc(-c3ccc4c(c3)oc3cnc(-c5cc6ccccc6cn5)cc34)n2)cc1. The average Bonchev–Trinajstić information content (AvgIpc) is 3.42. The first-order valence-electron chi connectivity index (χ1n) is 13.3. The van der Waals surface area contributed by atoms with Crippen LogP contribution in [0.1, 0.15) is 0 Å². The maximum Gasteiger partial charge on any atom is 0.164 e. The highest BCUT2D eigenvalue weighted by atomic mass is 16.3. The Hall–Kier alpha value is -5.75. The van der Waals surface area contributed by atoms with E-state index in [4.69, 9.17) is 19.4 Å². The lowest BCUT2D eigenvalue weighted by Crippen LogP contribution is -2.00. The van der Waals surface area contributed by atoms with Crippen molar-refractivity contribution in [2.75, 3.05) is 0 Å². The first-order valence-corrected chi connectivity index (χ1v) is 13.3. The summed E-state index contributed by atoms with van der Waals surface area (Å²) in [5.74, 6) is 1.83. The number of hydrogen-bond donors (Lipinski definition) is 0. The standard InChI is InChI=1S/C35H21N5O/c1-3-9-22(10-4-1)33-38-34(23-11-5-2-6-12-23)40-35(39-33)25-15-16-27-28-19-30(37-21-32(28)41-31(27)18-25)29-17-24-13-7-8-14-26(24)20-36-29/h1-21H. The molecule has 0 fully saturated rings. The number of fused-ring (bicyclic) bond motifs is 4. The molecule has 0 radical (unpaired) electrons. The lowest BCUT2D eigenvalue weighted by Gasteiger charge is -2.08. The van der Waals surface area contributed by atoms with Crippen LogP contribution in [0.4, 0.5) is 0 Å². The van der Waals surface area contributed by atoms with Crippen LogP contribution in [-0.2, 0) is 0 Å². The highest BCUT2D eigenvalue weighted by Crippen LogP contribution is 2.34. The van der Waals surface area contributed by atoms with E-state index in [9.17, 15) is 0 Å². The second-order valence-electron chi connectivity index (χ2n) is 9.83. The smallest absolute Gasteiger partial charge is 0.164 e. The van der Waals surface area contributed by atoms with Gasteiger partial charge < -0.3 is 4.42 Å². The molecule has 192 valence electrons. The van der Waals surface area contributed by atoms with Crippen LogP contribution in [0, 0.1) is 0 Å². The van der Waals surface area contributed by atoms with E-state index in [2.05, 4.69) is 34.2 Å². The Morgan fingerprint density at radius 2 is 1.00 bits per heavy atom. The fourth-order valence-corrected chi connectivity index (χ4v) is 5.12. The van der Waals surface area contributed by atoms with Gasteiger partial charge in [0.15, 0.2) is 23.1 Å². The molecular weight excluding hydrogens is 506 g/mol. The molecule has 0 N–H and O–H groups in total. The van der Waals surface area contributed by atoms with Crippen molar-refractivity contribution >= 4 is 32.7 Å². The first-order chi connectivity index (χ1) is 20.3. The Bertz CT molecular complexity index is 2150. The maximum atomic E-state index is 6.25. The summed E-state index contributed by atoms with van der Waals surface area (Å²) in [4.78, 5) is 23.8. The molecule has 0 aliphatic carbocycles. The quantitative estimate of drug-likeness (QED) is 0.229. The van der Waals surface area contributed by atoms with Gasteiger partial charge in [0, 0.05) is 39.0 Å². The minimum absolute atomic E-state index is 0.583. The summed E-state index contributed by atoms with van der Waals surface area (Å²) >= 11 is 0. The molecule has 0 bridgehead atoms. The Balaban J connectivity index is 1.24. The van der Waals surface area contributed by atoms with Crippen molar-refractivity contribution in [3.8, 4) is 45.6 Å². The third kappa shape index (κ3) is 4.19. The molecule has 8 rings (SSSR count). The number of hydrogen-bond acceptors (Lipinski definition) is 6. The van der Waals surface area contributed by atoms with Gasteiger partial charge in [-0.25, -0.2) is 15.0 Å². The van der Waals surface area contributed by atoms with Crippen molar-refractivity contribution in [3.05, 3.63) is 128 Å². The minimum atomic E-state index is 0.583. The van der Waals surface area contributed by atoms with E-state index < -0.39 is 0 Å². The van der Waals surface area contributed by atoms with E-state index in [0.29, 0.717) is 23.1 Å². The van der Waals surface area contributed by atoms with E-state index in [1.54, 1.807) is 6.20 Å². The number of aromatic nitrogens is 5. The van der Waals surface area contributed by atoms with Gasteiger partial charge in [-0.2, -0.15) is 0 Å². The summed E-state index contributed by atoms with van der Waals surface area (Å²) in [6.45, 7) is 0. The zero-order chi connectivity index (χ0) is 27.2. The molecule has 41 heavy (non-hydrogen) atoms. The van der Waals surface area contributed by atoms with Crippen LogP contribution in [0.25, 0.3) is 78.3 Å². The van der Waals surface area contributed by atoms with Crippen molar-refractivity contribution in [1.82, 2.24) is 24.9 Å². The van der Waals surface area contributed by atoms with Crippen LogP contribution in [0.2, 0.25) is 0 Å². The fraction of sp³-hybridized carbons (Fsp3) is 0. The molecule has 0 saturated heterocycles. The topological polar surface area (TPSA) is 77.6 Å². The van der Waals surface area contributed by atoms with Crippen molar-refractivity contribution in [2.45, 2.75) is 0 Å². The summed E-state index contributed by atoms with van der Waals surface area (Å²) in [6.07, 6.45) is 3.66. The van der Waals surface area contributed by atoms with Gasteiger partial charge in [0.05, 0.1) is 17.6 Å². The molecule has 4 heterocycles. The van der Waals surface area contributed by atoms with E-state index >= 15 is 0 Å². The number of rotatable bonds is 4.